The zero-order valence-electron chi connectivity index (χ0n) is 11.2. The average Bonchev–Trinajstić information content (AvgIpc) is 2.85. The van der Waals surface area contributed by atoms with E-state index in [1.807, 2.05) is 12.1 Å². The van der Waals surface area contributed by atoms with Gasteiger partial charge in [-0.25, -0.2) is 4.98 Å². The molecule has 1 aliphatic rings. The van der Waals surface area contributed by atoms with Gasteiger partial charge in [-0.1, -0.05) is 0 Å². The van der Waals surface area contributed by atoms with Crippen molar-refractivity contribution in [2.75, 3.05) is 12.3 Å². The van der Waals surface area contributed by atoms with Gasteiger partial charge >= 0.3 is 0 Å². The summed E-state index contributed by atoms with van der Waals surface area (Å²) in [5.74, 6) is 1.64. The molecule has 0 radical (unpaired) electrons. The van der Waals surface area contributed by atoms with Gasteiger partial charge in [0.15, 0.2) is 0 Å². The molecule has 0 spiro atoms. The Morgan fingerprint density at radius 2 is 2.29 bits per heavy atom. The third-order valence-corrected chi connectivity index (χ3v) is 5.02. The quantitative estimate of drug-likeness (QED) is 0.895. The van der Waals surface area contributed by atoms with E-state index < -0.39 is 0 Å². The second-order valence-corrected chi connectivity index (χ2v) is 6.90. The van der Waals surface area contributed by atoms with E-state index in [9.17, 15) is 9.59 Å². The van der Waals surface area contributed by atoms with Crippen LogP contribution in [-0.4, -0.2) is 27.6 Å². The third-order valence-electron chi connectivity index (χ3n) is 3.41. The topological polar surface area (TPSA) is 63.5 Å². The van der Waals surface area contributed by atoms with Crippen molar-refractivity contribution in [3.8, 4) is 0 Å². The first-order valence-corrected chi connectivity index (χ1v) is 8.61. The van der Waals surface area contributed by atoms with Crippen LogP contribution < -0.4 is 10.9 Å². The number of amides is 1. The van der Waals surface area contributed by atoms with Crippen LogP contribution in [0.3, 0.4) is 0 Å². The molecule has 0 saturated carbocycles. The first kappa shape index (κ1) is 14.6. The number of carbonyl (C=O) groups excluding carboxylic acids is 1. The summed E-state index contributed by atoms with van der Waals surface area (Å²) in [4.78, 5) is 28.0. The van der Waals surface area contributed by atoms with Gasteiger partial charge in [0.1, 0.15) is 5.65 Å². The zero-order chi connectivity index (χ0) is 14.8. The van der Waals surface area contributed by atoms with E-state index in [0.717, 1.165) is 28.9 Å². The number of nitrogens with one attached hydrogen (secondary N) is 1. The van der Waals surface area contributed by atoms with Crippen molar-refractivity contribution in [1.82, 2.24) is 14.7 Å². The largest absolute Gasteiger partial charge is 0.356 e. The van der Waals surface area contributed by atoms with Crippen molar-refractivity contribution in [2.24, 2.45) is 5.92 Å². The Balaban J connectivity index is 1.71. The first-order chi connectivity index (χ1) is 10.1. The number of carbonyl (C=O) groups is 1. The number of pyridine rings is 1. The molecule has 1 fully saturated rings. The molecule has 21 heavy (non-hydrogen) atoms. The van der Waals surface area contributed by atoms with Gasteiger partial charge in [-0.3, -0.25) is 14.0 Å². The molecule has 3 heterocycles. The molecule has 1 unspecified atom stereocenters. The lowest BCUT2D eigenvalue weighted by Crippen LogP contribution is -2.20. The van der Waals surface area contributed by atoms with E-state index in [2.05, 4.69) is 26.2 Å². The van der Waals surface area contributed by atoms with Crippen LogP contribution in [0.15, 0.2) is 33.7 Å². The highest BCUT2D eigenvalue weighted by atomic mass is 79.9. The minimum absolute atomic E-state index is 0.0875. The second kappa shape index (κ2) is 6.19. The summed E-state index contributed by atoms with van der Waals surface area (Å²) in [6, 6.07) is 5.23. The van der Waals surface area contributed by atoms with Crippen LogP contribution in [-0.2, 0) is 10.5 Å². The van der Waals surface area contributed by atoms with Crippen LogP contribution in [0.2, 0.25) is 0 Å². The lowest BCUT2D eigenvalue weighted by atomic mass is 10.1. The fourth-order valence-corrected chi connectivity index (χ4v) is 3.72. The number of thioether (sulfide) groups is 1. The molecule has 1 atom stereocenters. The van der Waals surface area contributed by atoms with E-state index >= 15 is 0 Å². The van der Waals surface area contributed by atoms with Crippen LogP contribution in [0.25, 0.3) is 5.65 Å². The van der Waals surface area contributed by atoms with Gasteiger partial charge < -0.3 is 5.32 Å². The molecule has 1 N–H and O–H groups in total. The number of hydrogen-bond acceptors (Lipinski definition) is 4. The Kier molecular flexibility index (Phi) is 4.30. The Morgan fingerprint density at radius 3 is 3.05 bits per heavy atom. The van der Waals surface area contributed by atoms with E-state index in [4.69, 9.17) is 0 Å². The number of halogens is 1. The number of nitrogens with zero attached hydrogens (tertiary/aromatic N) is 2. The highest BCUT2D eigenvalue weighted by Gasteiger charge is 2.23. The summed E-state index contributed by atoms with van der Waals surface area (Å²) in [7, 11) is 0. The van der Waals surface area contributed by atoms with E-state index in [0.29, 0.717) is 11.4 Å². The van der Waals surface area contributed by atoms with Gasteiger partial charge in [-0.15, -0.1) is 0 Å². The van der Waals surface area contributed by atoms with Crippen molar-refractivity contribution >= 4 is 39.2 Å². The normalized spacial score (nSPS) is 18.1. The molecule has 110 valence electrons. The smallest absolute Gasteiger partial charge is 0.258 e. The van der Waals surface area contributed by atoms with Gasteiger partial charge in [0.2, 0.25) is 5.91 Å². The van der Waals surface area contributed by atoms with Crippen molar-refractivity contribution in [1.29, 1.82) is 0 Å². The lowest BCUT2D eigenvalue weighted by molar-refractivity contribution is -0.121. The fraction of sp³-hybridized carbons (Fsp3) is 0.357. The minimum Gasteiger partial charge on any atom is -0.356 e. The van der Waals surface area contributed by atoms with Crippen molar-refractivity contribution in [3.05, 3.63) is 44.9 Å². The molecule has 0 aromatic carbocycles. The van der Waals surface area contributed by atoms with Gasteiger partial charge in [0.05, 0.1) is 5.69 Å². The van der Waals surface area contributed by atoms with Gasteiger partial charge in [-0.05, 0) is 34.5 Å². The van der Waals surface area contributed by atoms with Gasteiger partial charge in [-0.2, -0.15) is 11.8 Å². The standard InChI is InChI=1S/C14H14BrN3O2S/c15-10-1-2-12-17-11(5-13(19)18(12)6-10)8-21-7-9-3-4-16-14(9)20/h1-2,5-6,9H,3-4,7-8H2,(H,16,20). The first-order valence-electron chi connectivity index (χ1n) is 6.67. The van der Waals surface area contributed by atoms with Gasteiger partial charge in [0.25, 0.3) is 5.56 Å². The molecule has 0 aliphatic carbocycles. The summed E-state index contributed by atoms with van der Waals surface area (Å²) < 4.78 is 2.36. The summed E-state index contributed by atoms with van der Waals surface area (Å²) in [5, 5.41) is 2.83. The Morgan fingerprint density at radius 1 is 1.43 bits per heavy atom. The SMILES string of the molecule is O=C1NCCC1CSCc1cc(=O)n2cc(Br)ccc2n1. The monoisotopic (exact) mass is 367 g/mol. The van der Waals surface area contributed by atoms with E-state index in [1.165, 1.54) is 4.40 Å². The maximum Gasteiger partial charge on any atom is 0.258 e. The van der Waals surface area contributed by atoms with Gasteiger partial charge in [0, 0.05) is 40.7 Å². The number of hydrogen-bond donors (Lipinski definition) is 1. The predicted molar refractivity (Wildman–Crippen MR) is 86.4 cm³/mol. The summed E-state index contributed by atoms with van der Waals surface area (Å²) >= 11 is 4.99. The summed E-state index contributed by atoms with van der Waals surface area (Å²) in [6.45, 7) is 0.772. The molecule has 1 saturated heterocycles. The third kappa shape index (κ3) is 3.29. The zero-order valence-corrected chi connectivity index (χ0v) is 13.6. The van der Waals surface area contributed by atoms with Crippen LogP contribution in [0.1, 0.15) is 12.1 Å². The highest BCUT2D eigenvalue weighted by molar-refractivity contribution is 9.10. The molecular formula is C14H14BrN3O2S. The Hall–Kier alpha value is -1.34. The molecule has 0 bridgehead atoms. The second-order valence-electron chi connectivity index (χ2n) is 4.95. The molecule has 3 rings (SSSR count). The van der Waals surface area contributed by atoms with Crippen LogP contribution in [0.4, 0.5) is 0 Å². The average molecular weight is 368 g/mol. The van der Waals surface area contributed by atoms with Crippen molar-refractivity contribution in [2.45, 2.75) is 12.2 Å². The molecule has 1 aliphatic heterocycles. The van der Waals surface area contributed by atoms with E-state index in [-0.39, 0.29) is 17.4 Å². The van der Waals surface area contributed by atoms with Crippen LogP contribution in [0, 0.1) is 5.92 Å². The molecule has 2 aromatic rings. The molecule has 5 nitrogen and oxygen atoms in total. The lowest BCUT2D eigenvalue weighted by Gasteiger charge is -2.07. The molecular weight excluding hydrogens is 354 g/mol. The molecule has 2 aromatic heterocycles. The maximum atomic E-state index is 12.1. The number of rotatable bonds is 4. The number of fused-ring (bicyclic) bond motifs is 1. The Labute approximate surface area is 134 Å². The minimum atomic E-state index is -0.0875. The van der Waals surface area contributed by atoms with E-state index in [1.54, 1.807) is 24.0 Å². The number of aromatic nitrogens is 2. The Bertz CT molecular complexity index is 747. The highest BCUT2D eigenvalue weighted by Crippen LogP contribution is 2.19. The molecule has 1 amide bonds. The predicted octanol–water partition coefficient (Wildman–Crippen LogP) is 1.83. The van der Waals surface area contributed by atoms with Crippen molar-refractivity contribution in [3.63, 3.8) is 0 Å². The van der Waals surface area contributed by atoms with Crippen LogP contribution >= 0.6 is 27.7 Å². The van der Waals surface area contributed by atoms with Crippen molar-refractivity contribution < 1.29 is 4.79 Å². The summed E-state index contributed by atoms with van der Waals surface area (Å²) in [6.07, 6.45) is 2.61. The fourth-order valence-electron chi connectivity index (χ4n) is 2.31. The maximum absolute atomic E-state index is 12.1. The summed E-state index contributed by atoms with van der Waals surface area (Å²) in [5.41, 5.74) is 1.31. The molecule has 7 heteroatoms. The van der Waals surface area contributed by atoms with Crippen LogP contribution in [0.5, 0.6) is 0 Å².